The van der Waals surface area contributed by atoms with E-state index in [4.69, 9.17) is 0 Å². The number of hydrogen-bond donors (Lipinski definition) is 1. The SMILES string of the molecule is CN(Cc1cc(F)ccc1F)C1CC2CCC(C1)N2.Cl. The molecule has 2 atom stereocenters. The quantitative estimate of drug-likeness (QED) is 0.923. The fourth-order valence-electron chi connectivity index (χ4n) is 3.45. The summed E-state index contributed by atoms with van der Waals surface area (Å²) in [7, 11) is 2.01. The lowest BCUT2D eigenvalue weighted by Crippen LogP contribution is -2.46. The second-order valence-electron chi connectivity index (χ2n) is 5.91. The zero-order chi connectivity index (χ0) is 13.4. The largest absolute Gasteiger partial charge is 0.311 e. The van der Waals surface area contributed by atoms with Crippen molar-refractivity contribution in [1.82, 2.24) is 10.2 Å². The Morgan fingerprint density at radius 1 is 1.20 bits per heavy atom. The molecule has 2 fully saturated rings. The summed E-state index contributed by atoms with van der Waals surface area (Å²) < 4.78 is 26.8. The molecule has 0 aromatic heterocycles. The number of nitrogens with one attached hydrogen (secondary N) is 1. The Hall–Kier alpha value is -0.710. The highest BCUT2D eigenvalue weighted by Gasteiger charge is 2.35. The summed E-state index contributed by atoms with van der Waals surface area (Å²) in [6, 6.07) is 5.39. The van der Waals surface area contributed by atoms with E-state index in [9.17, 15) is 8.78 Å². The number of fused-ring (bicyclic) bond motifs is 2. The topological polar surface area (TPSA) is 15.3 Å². The van der Waals surface area contributed by atoms with Crippen molar-refractivity contribution in [3.63, 3.8) is 0 Å². The molecular formula is C15H21ClF2N2. The van der Waals surface area contributed by atoms with Gasteiger partial charge in [0.2, 0.25) is 0 Å². The van der Waals surface area contributed by atoms with Crippen LogP contribution >= 0.6 is 12.4 Å². The van der Waals surface area contributed by atoms with E-state index >= 15 is 0 Å². The van der Waals surface area contributed by atoms with Crippen LogP contribution in [0.1, 0.15) is 31.2 Å². The van der Waals surface area contributed by atoms with Gasteiger partial charge < -0.3 is 5.32 Å². The molecule has 0 amide bonds. The minimum atomic E-state index is -0.366. The highest BCUT2D eigenvalue weighted by atomic mass is 35.5. The third-order valence-corrected chi connectivity index (χ3v) is 4.50. The van der Waals surface area contributed by atoms with Gasteiger partial charge in [0.25, 0.3) is 0 Å². The molecule has 0 radical (unpaired) electrons. The van der Waals surface area contributed by atoms with Crippen LogP contribution in [-0.2, 0) is 6.54 Å². The van der Waals surface area contributed by atoms with Crippen molar-refractivity contribution in [2.45, 2.75) is 50.4 Å². The van der Waals surface area contributed by atoms with Gasteiger partial charge in [-0.3, -0.25) is 4.90 Å². The molecule has 0 aliphatic carbocycles. The normalized spacial score (nSPS) is 28.5. The molecule has 1 aromatic rings. The summed E-state index contributed by atoms with van der Waals surface area (Å²) >= 11 is 0. The molecule has 2 unspecified atom stereocenters. The Morgan fingerprint density at radius 3 is 2.50 bits per heavy atom. The third-order valence-electron chi connectivity index (χ3n) is 4.50. The van der Waals surface area contributed by atoms with Crippen molar-refractivity contribution in [2.75, 3.05) is 7.05 Å². The molecule has 0 spiro atoms. The zero-order valence-corrected chi connectivity index (χ0v) is 12.4. The predicted molar refractivity (Wildman–Crippen MR) is 78.0 cm³/mol. The van der Waals surface area contributed by atoms with E-state index in [0.29, 0.717) is 30.2 Å². The Morgan fingerprint density at radius 2 is 1.85 bits per heavy atom. The van der Waals surface area contributed by atoms with Crippen molar-refractivity contribution in [3.8, 4) is 0 Å². The fraction of sp³-hybridized carbons (Fsp3) is 0.600. The first kappa shape index (κ1) is 15.7. The third kappa shape index (κ3) is 3.30. The van der Waals surface area contributed by atoms with Crippen LogP contribution in [0.15, 0.2) is 18.2 Å². The van der Waals surface area contributed by atoms with Gasteiger partial charge in [-0.05, 0) is 50.9 Å². The molecule has 2 heterocycles. The van der Waals surface area contributed by atoms with Crippen molar-refractivity contribution >= 4 is 12.4 Å². The second kappa shape index (κ2) is 6.37. The maximum Gasteiger partial charge on any atom is 0.127 e. The van der Waals surface area contributed by atoms with Crippen LogP contribution in [0.5, 0.6) is 0 Å². The maximum absolute atomic E-state index is 13.7. The zero-order valence-electron chi connectivity index (χ0n) is 11.6. The molecule has 112 valence electrons. The first-order valence-electron chi connectivity index (χ1n) is 7.02. The molecule has 5 heteroatoms. The lowest BCUT2D eigenvalue weighted by atomic mass is 9.98. The number of benzene rings is 1. The highest BCUT2D eigenvalue weighted by Crippen LogP contribution is 2.30. The number of rotatable bonds is 3. The van der Waals surface area contributed by atoms with Crippen LogP contribution in [0.2, 0.25) is 0 Å². The van der Waals surface area contributed by atoms with E-state index < -0.39 is 0 Å². The van der Waals surface area contributed by atoms with Crippen molar-refractivity contribution in [2.24, 2.45) is 0 Å². The first-order valence-corrected chi connectivity index (χ1v) is 7.02. The molecule has 2 saturated heterocycles. The van der Waals surface area contributed by atoms with Gasteiger partial charge in [0.05, 0.1) is 0 Å². The van der Waals surface area contributed by atoms with Gasteiger partial charge in [0.1, 0.15) is 11.6 Å². The van der Waals surface area contributed by atoms with E-state index in [-0.39, 0.29) is 24.0 Å². The lowest BCUT2D eigenvalue weighted by molar-refractivity contribution is 0.164. The van der Waals surface area contributed by atoms with Crippen molar-refractivity contribution in [1.29, 1.82) is 0 Å². The molecule has 2 aliphatic heterocycles. The minimum absolute atomic E-state index is 0. The molecule has 20 heavy (non-hydrogen) atoms. The smallest absolute Gasteiger partial charge is 0.127 e. The summed E-state index contributed by atoms with van der Waals surface area (Å²) in [5, 5.41) is 3.60. The number of hydrogen-bond acceptors (Lipinski definition) is 2. The van der Waals surface area contributed by atoms with E-state index in [2.05, 4.69) is 10.2 Å². The van der Waals surface area contributed by atoms with Gasteiger partial charge in [0, 0.05) is 30.2 Å². The van der Waals surface area contributed by atoms with Gasteiger partial charge in [-0.1, -0.05) is 0 Å². The summed E-state index contributed by atoms with van der Waals surface area (Å²) in [4.78, 5) is 2.17. The number of halogens is 3. The molecule has 1 N–H and O–H groups in total. The fourth-order valence-corrected chi connectivity index (χ4v) is 3.45. The van der Waals surface area contributed by atoms with Crippen molar-refractivity contribution < 1.29 is 8.78 Å². The van der Waals surface area contributed by atoms with Gasteiger partial charge in [0.15, 0.2) is 0 Å². The average molecular weight is 303 g/mol. The minimum Gasteiger partial charge on any atom is -0.311 e. The molecule has 2 bridgehead atoms. The molecule has 1 aromatic carbocycles. The maximum atomic E-state index is 13.7. The molecule has 3 rings (SSSR count). The van der Waals surface area contributed by atoms with E-state index in [1.54, 1.807) is 0 Å². The van der Waals surface area contributed by atoms with Crippen molar-refractivity contribution in [3.05, 3.63) is 35.4 Å². The lowest BCUT2D eigenvalue weighted by Gasteiger charge is -2.35. The van der Waals surface area contributed by atoms with Crippen LogP contribution in [0.25, 0.3) is 0 Å². The Kier molecular flexibility index (Phi) is 4.99. The standard InChI is InChI=1S/C15H20F2N2.ClH/c1-19(9-10-6-11(16)2-5-15(10)17)14-7-12-3-4-13(8-14)18-12;/h2,5-6,12-14,18H,3-4,7-9H2,1H3;1H. The summed E-state index contributed by atoms with van der Waals surface area (Å²) in [5.41, 5.74) is 0.452. The molecular weight excluding hydrogens is 282 g/mol. The van der Waals surface area contributed by atoms with E-state index in [1.807, 2.05) is 7.05 Å². The first-order chi connectivity index (χ1) is 9.11. The van der Waals surface area contributed by atoms with E-state index in [0.717, 1.165) is 12.8 Å². The van der Waals surface area contributed by atoms with Crippen LogP contribution < -0.4 is 5.32 Å². The number of nitrogens with zero attached hydrogens (tertiary/aromatic N) is 1. The predicted octanol–water partition coefficient (Wildman–Crippen LogP) is 3.10. The van der Waals surface area contributed by atoms with Gasteiger partial charge in [-0.2, -0.15) is 0 Å². The summed E-state index contributed by atoms with van der Waals surface area (Å²) in [6.45, 7) is 0.480. The van der Waals surface area contributed by atoms with Crippen LogP contribution in [0.4, 0.5) is 8.78 Å². The molecule has 0 saturated carbocycles. The average Bonchev–Trinajstić information content (AvgIpc) is 2.72. The van der Waals surface area contributed by atoms with Gasteiger partial charge >= 0.3 is 0 Å². The Balaban J connectivity index is 0.00000147. The Labute approximate surface area is 124 Å². The number of piperidine rings is 1. The molecule has 2 nitrogen and oxygen atoms in total. The van der Waals surface area contributed by atoms with Crippen LogP contribution in [0.3, 0.4) is 0 Å². The summed E-state index contributed by atoms with van der Waals surface area (Å²) in [5.74, 6) is -0.680. The van der Waals surface area contributed by atoms with Crippen LogP contribution in [-0.4, -0.2) is 30.1 Å². The highest BCUT2D eigenvalue weighted by molar-refractivity contribution is 5.85. The van der Waals surface area contributed by atoms with Gasteiger partial charge in [-0.25, -0.2) is 8.78 Å². The Bertz CT molecular complexity index is 457. The summed E-state index contributed by atoms with van der Waals surface area (Å²) in [6.07, 6.45) is 4.74. The second-order valence-corrected chi connectivity index (χ2v) is 5.91. The van der Waals surface area contributed by atoms with E-state index in [1.165, 1.54) is 31.0 Å². The molecule has 2 aliphatic rings. The van der Waals surface area contributed by atoms with Gasteiger partial charge in [-0.15, -0.1) is 12.4 Å². The van der Waals surface area contributed by atoms with Crippen LogP contribution in [0, 0.1) is 11.6 Å². The monoisotopic (exact) mass is 302 g/mol.